The standard InChI is InChI=1S/C17H27N3O4S/c1-19(2)9-10-20(13-14-7-5-4-6-8-14)25(22,23)15-11-16(18-12-15)17(21)24-3/h4-8,15-16,18H,9-13H2,1-3H3. The molecule has 0 amide bonds. The molecule has 1 fully saturated rings. The number of ether oxygens (including phenoxy) is 1. The molecule has 0 spiro atoms. The van der Waals surface area contributed by atoms with E-state index < -0.39 is 27.3 Å². The molecule has 25 heavy (non-hydrogen) atoms. The maximum absolute atomic E-state index is 13.1. The summed E-state index contributed by atoms with van der Waals surface area (Å²) in [6, 6.07) is 8.99. The first-order chi connectivity index (χ1) is 11.8. The Morgan fingerprint density at radius 2 is 1.92 bits per heavy atom. The minimum absolute atomic E-state index is 0.238. The Hall–Kier alpha value is -1.48. The van der Waals surface area contributed by atoms with E-state index in [0.717, 1.165) is 5.56 Å². The van der Waals surface area contributed by atoms with Crippen molar-refractivity contribution in [1.29, 1.82) is 0 Å². The van der Waals surface area contributed by atoms with Crippen LogP contribution >= 0.6 is 0 Å². The second kappa shape index (κ2) is 8.75. The highest BCUT2D eigenvalue weighted by Gasteiger charge is 2.40. The van der Waals surface area contributed by atoms with Crippen LogP contribution in [0.3, 0.4) is 0 Å². The van der Waals surface area contributed by atoms with Crippen LogP contribution in [0.25, 0.3) is 0 Å². The molecule has 1 aromatic carbocycles. The number of carbonyl (C=O) groups is 1. The lowest BCUT2D eigenvalue weighted by Crippen LogP contribution is -2.42. The molecule has 140 valence electrons. The first kappa shape index (κ1) is 19.8. The van der Waals surface area contributed by atoms with E-state index in [1.807, 2.05) is 49.3 Å². The number of sulfonamides is 1. The van der Waals surface area contributed by atoms with Gasteiger partial charge in [0, 0.05) is 26.2 Å². The zero-order valence-corrected chi connectivity index (χ0v) is 15.8. The maximum Gasteiger partial charge on any atom is 0.322 e. The van der Waals surface area contributed by atoms with Gasteiger partial charge in [0.2, 0.25) is 10.0 Å². The highest BCUT2D eigenvalue weighted by atomic mass is 32.2. The van der Waals surface area contributed by atoms with E-state index in [1.165, 1.54) is 11.4 Å². The fourth-order valence-electron chi connectivity index (χ4n) is 2.86. The van der Waals surface area contributed by atoms with Gasteiger partial charge in [-0.2, -0.15) is 4.31 Å². The van der Waals surface area contributed by atoms with Crippen LogP contribution < -0.4 is 5.32 Å². The Kier molecular flexibility index (Phi) is 6.95. The second-order valence-electron chi connectivity index (χ2n) is 6.51. The molecule has 1 aliphatic heterocycles. The van der Waals surface area contributed by atoms with Gasteiger partial charge in [0.25, 0.3) is 0 Å². The van der Waals surface area contributed by atoms with Gasteiger partial charge in [-0.05, 0) is 26.1 Å². The van der Waals surface area contributed by atoms with Crippen LogP contribution in [-0.4, -0.2) is 75.7 Å². The summed E-state index contributed by atoms with van der Waals surface area (Å²) >= 11 is 0. The number of nitrogens with zero attached hydrogens (tertiary/aromatic N) is 2. The Bertz CT molecular complexity index is 664. The normalized spacial score (nSPS) is 21.0. The number of carbonyl (C=O) groups excluding carboxylic acids is 1. The number of methoxy groups -OCH3 is 1. The minimum atomic E-state index is -3.53. The third kappa shape index (κ3) is 5.24. The van der Waals surface area contributed by atoms with E-state index >= 15 is 0 Å². The summed E-state index contributed by atoms with van der Waals surface area (Å²) < 4.78 is 32.5. The Morgan fingerprint density at radius 3 is 2.52 bits per heavy atom. The molecule has 1 aliphatic rings. The number of hydrogen-bond donors (Lipinski definition) is 1. The molecule has 1 heterocycles. The van der Waals surface area contributed by atoms with Crippen molar-refractivity contribution in [2.24, 2.45) is 0 Å². The van der Waals surface area contributed by atoms with Gasteiger partial charge in [-0.15, -0.1) is 0 Å². The molecule has 2 unspecified atom stereocenters. The molecule has 7 nitrogen and oxygen atoms in total. The fraction of sp³-hybridized carbons (Fsp3) is 0.588. The summed E-state index contributed by atoms with van der Waals surface area (Å²) in [5.74, 6) is -0.416. The third-order valence-corrected chi connectivity index (χ3v) is 6.59. The SMILES string of the molecule is COC(=O)C1CC(S(=O)(=O)N(CCN(C)C)Cc2ccccc2)CN1. The first-order valence-corrected chi connectivity index (χ1v) is 9.83. The van der Waals surface area contributed by atoms with Crippen molar-refractivity contribution in [2.45, 2.75) is 24.3 Å². The van der Waals surface area contributed by atoms with E-state index in [-0.39, 0.29) is 13.0 Å². The molecule has 2 atom stereocenters. The number of nitrogens with one attached hydrogen (secondary N) is 1. The topological polar surface area (TPSA) is 79.0 Å². The first-order valence-electron chi connectivity index (χ1n) is 8.33. The van der Waals surface area contributed by atoms with Gasteiger partial charge in [-0.25, -0.2) is 8.42 Å². The Morgan fingerprint density at radius 1 is 1.24 bits per heavy atom. The zero-order chi connectivity index (χ0) is 18.4. The average molecular weight is 369 g/mol. The summed E-state index contributed by atoms with van der Waals surface area (Å²) in [7, 11) is 1.61. The zero-order valence-electron chi connectivity index (χ0n) is 15.0. The number of esters is 1. The predicted octanol–water partition coefficient (Wildman–Crippen LogP) is 0.284. The maximum atomic E-state index is 13.1. The number of likely N-dealkylation sites (N-methyl/N-ethyl adjacent to an activating group) is 1. The molecular weight excluding hydrogens is 342 g/mol. The minimum Gasteiger partial charge on any atom is -0.468 e. The molecule has 0 aliphatic carbocycles. The van der Waals surface area contributed by atoms with Crippen molar-refractivity contribution in [1.82, 2.24) is 14.5 Å². The van der Waals surface area contributed by atoms with Gasteiger partial charge in [0.1, 0.15) is 6.04 Å². The second-order valence-corrected chi connectivity index (χ2v) is 8.72. The van der Waals surface area contributed by atoms with Gasteiger partial charge in [0.15, 0.2) is 0 Å². The highest BCUT2D eigenvalue weighted by Crippen LogP contribution is 2.21. The van der Waals surface area contributed by atoms with E-state index in [9.17, 15) is 13.2 Å². The molecule has 0 bridgehead atoms. The average Bonchev–Trinajstić information content (AvgIpc) is 3.09. The van der Waals surface area contributed by atoms with Crippen molar-refractivity contribution >= 4 is 16.0 Å². The molecule has 0 aromatic heterocycles. The third-order valence-electron chi connectivity index (χ3n) is 4.36. The predicted molar refractivity (Wildman–Crippen MR) is 96.5 cm³/mol. The number of hydrogen-bond acceptors (Lipinski definition) is 6. The van der Waals surface area contributed by atoms with Crippen LogP contribution in [0.5, 0.6) is 0 Å². The Labute approximate surface area is 150 Å². The molecule has 2 rings (SSSR count). The van der Waals surface area contributed by atoms with Crippen LogP contribution in [0.15, 0.2) is 30.3 Å². The van der Waals surface area contributed by atoms with Gasteiger partial charge in [-0.1, -0.05) is 30.3 Å². The van der Waals surface area contributed by atoms with Gasteiger partial charge < -0.3 is 15.0 Å². The molecule has 1 saturated heterocycles. The lowest BCUT2D eigenvalue weighted by molar-refractivity contribution is -0.142. The number of rotatable bonds is 8. The van der Waals surface area contributed by atoms with Crippen molar-refractivity contribution < 1.29 is 17.9 Å². The molecule has 1 aromatic rings. The van der Waals surface area contributed by atoms with Crippen LogP contribution in [0.4, 0.5) is 0 Å². The molecule has 0 radical (unpaired) electrons. The summed E-state index contributed by atoms with van der Waals surface area (Å²) in [6.07, 6.45) is 0.238. The van der Waals surface area contributed by atoms with Crippen LogP contribution in [-0.2, 0) is 26.1 Å². The highest BCUT2D eigenvalue weighted by molar-refractivity contribution is 7.89. The fourth-order valence-corrected chi connectivity index (χ4v) is 4.69. The summed E-state index contributed by atoms with van der Waals surface area (Å²) in [5.41, 5.74) is 0.945. The van der Waals surface area contributed by atoms with Crippen molar-refractivity contribution in [3.8, 4) is 0 Å². The van der Waals surface area contributed by atoms with Crippen LogP contribution in [0.2, 0.25) is 0 Å². The van der Waals surface area contributed by atoms with Gasteiger partial charge >= 0.3 is 5.97 Å². The van der Waals surface area contributed by atoms with E-state index in [4.69, 9.17) is 4.74 Å². The van der Waals surface area contributed by atoms with E-state index in [2.05, 4.69) is 5.32 Å². The largest absolute Gasteiger partial charge is 0.468 e. The van der Waals surface area contributed by atoms with Crippen molar-refractivity contribution in [3.05, 3.63) is 35.9 Å². The van der Waals surface area contributed by atoms with Crippen LogP contribution in [0.1, 0.15) is 12.0 Å². The van der Waals surface area contributed by atoms with Crippen molar-refractivity contribution in [3.63, 3.8) is 0 Å². The van der Waals surface area contributed by atoms with Crippen molar-refractivity contribution in [2.75, 3.05) is 40.8 Å². The van der Waals surface area contributed by atoms with E-state index in [1.54, 1.807) is 0 Å². The van der Waals surface area contributed by atoms with Gasteiger partial charge in [-0.3, -0.25) is 4.79 Å². The lowest BCUT2D eigenvalue weighted by atomic mass is 10.2. The lowest BCUT2D eigenvalue weighted by Gasteiger charge is -2.26. The number of benzene rings is 1. The summed E-state index contributed by atoms with van der Waals surface area (Å²) in [6.45, 7) is 1.63. The summed E-state index contributed by atoms with van der Waals surface area (Å²) in [4.78, 5) is 13.6. The Balaban J connectivity index is 2.15. The van der Waals surface area contributed by atoms with Crippen LogP contribution in [0, 0.1) is 0 Å². The summed E-state index contributed by atoms with van der Waals surface area (Å²) in [5, 5.41) is 2.33. The molecular formula is C17H27N3O4S. The quantitative estimate of drug-likeness (QED) is 0.664. The smallest absolute Gasteiger partial charge is 0.322 e. The molecule has 8 heteroatoms. The van der Waals surface area contributed by atoms with E-state index in [0.29, 0.717) is 19.6 Å². The molecule has 0 saturated carbocycles. The van der Waals surface area contributed by atoms with Gasteiger partial charge in [0.05, 0.1) is 12.4 Å². The molecule has 1 N–H and O–H groups in total. The monoisotopic (exact) mass is 369 g/mol.